The van der Waals surface area contributed by atoms with E-state index < -0.39 is 68.0 Å². The topological polar surface area (TPSA) is 125 Å². The normalized spacial score (nSPS) is 22.6. The van der Waals surface area contributed by atoms with Crippen molar-refractivity contribution in [3.63, 3.8) is 0 Å². The van der Waals surface area contributed by atoms with Gasteiger partial charge in [0.15, 0.2) is 6.29 Å². The summed E-state index contributed by atoms with van der Waals surface area (Å²) in [6.07, 6.45) is -21.3. The van der Waals surface area contributed by atoms with Crippen LogP contribution in [0.5, 0.6) is 0 Å². The summed E-state index contributed by atoms with van der Waals surface area (Å²) in [6.45, 7) is -0.409. The molecular weight excluding hydrogens is 711 g/mol. The van der Waals surface area contributed by atoms with Gasteiger partial charge in [-0.05, 0) is 18.6 Å². The highest BCUT2D eigenvalue weighted by Gasteiger charge is 2.85. The predicted octanol–water partition coefficient (Wildman–Crippen LogP) is 4.76. The molecule has 1 heterocycles. The maximum atomic E-state index is 13.1. The smallest absolute Gasteiger partial charge is 0.387 e. The molecule has 0 spiro atoms. The van der Waals surface area contributed by atoms with Gasteiger partial charge in [0.25, 0.3) is 0 Å². The van der Waals surface area contributed by atoms with Gasteiger partial charge in [0.2, 0.25) is 0 Å². The summed E-state index contributed by atoms with van der Waals surface area (Å²) in [5, 5.41) is 29.8. The van der Waals surface area contributed by atoms with Crippen molar-refractivity contribution < 1.29 is 88.0 Å². The first kappa shape index (κ1) is 46.3. The fourth-order valence-corrected chi connectivity index (χ4v) is 4.89. The Kier molecular flexibility index (Phi) is 22.5. The number of hydrogen-bond acceptors (Lipinski definition) is 11. The minimum Gasteiger partial charge on any atom is -0.387 e. The SMILES string of the molecule is O[C@@H]1[C@@H](O)[C@H](OCCOCCOCCOCCOCCCCCCCCCCCS)O[C@H](COC(C(F)(F)F)(C(F)(F)F)C(F)(F)F)[C@H]1O. The van der Waals surface area contributed by atoms with Crippen LogP contribution in [0.1, 0.15) is 57.8 Å². The van der Waals surface area contributed by atoms with Crippen LogP contribution in [-0.4, -0.2) is 142 Å². The van der Waals surface area contributed by atoms with E-state index in [-0.39, 0.29) is 26.4 Å². The van der Waals surface area contributed by atoms with Gasteiger partial charge in [-0.1, -0.05) is 44.9 Å². The molecule has 49 heavy (non-hydrogen) atoms. The van der Waals surface area contributed by atoms with Gasteiger partial charge in [-0.2, -0.15) is 52.1 Å². The molecule has 0 aromatic heterocycles. The molecule has 0 aromatic carbocycles. The van der Waals surface area contributed by atoms with E-state index in [1.54, 1.807) is 0 Å². The first-order chi connectivity index (χ1) is 23.0. The first-order valence-corrected chi connectivity index (χ1v) is 16.7. The van der Waals surface area contributed by atoms with Crippen molar-refractivity contribution in [2.75, 3.05) is 71.8 Å². The molecule has 0 radical (unpaired) electrons. The van der Waals surface area contributed by atoms with Crippen LogP contribution in [0.15, 0.2) is 0 Å². The van der Waals surface area contributed by atoms with Crippen LogP contribution in [0.2, 0.25) is 0 Å². The van der Waals surface area contributed by atoms with E-state index in [4.69, 9.17) is 28.4 Å². The predicted molar refractivity (Wildman–Crippen MR) is 158 cm³/mol. The largest absolute Gasteiger partial charge is 0.435 e. The summed E-state index contributed by atoms with van der Waals surface area (Å²) in [5.41, 5.74) is -6.62. The lowest BCUT2D eigenvalue weighted by Gasteiger charge is -2.43. The third-order valence-corrected chi connectivity index (χ3v) is 7.72. The van der Waals surface area contributed by atoms with Crippen molar-refractivity contribution in [1.82, 2.24) is 0 Å². The van der Waals surface area contributed by atoms with Crippen LogP contribution in [0, 0.1) is 0 Å². The van der Waals surface area contributed by atoms with Crippen molar-refractivity contribution in [3.05, 3.63) is 0 Å². The zero-order chi connectivity index (χ0) is 37.0. The monoisotopic (exact) mass is 760 g/mol. The Morgan fingerprint density at radius 2 is 0.878 bits per heavy atom. The molecule has 3 N–H and O–H groups in total. The van der Waals surface area contributed by atoms with E-state index >= 15 is 0 Å². The first-order valence-electron chi connectivity index (χ1n) is 16.1. The summed E-state index contributed by atoms with van der Waals surface area (Å²) >= 11 is 4.21. The Hall–Kier alpha value is -0.680. The van der Waals surface area contributed by atoms with Gasteiger partial charge < -0.3 is 48.5 Å². The van der Waals surface area contributed by atoms with Crippen LogP contribution in [0.4, 0.5) is 39.5 Å². The quantitative estimate of drug-likeness (QED) is 0.0530. The molecule has 20 heteroatoms. The van der Waals surface area contributed by atoms with Crippen LogP contribution < -0.4 is 0 Å². The van der Waals surface area contributed by atoms with E-state index in [1.165, 1.54) is 44.9 Å². The molecule has 0 aromatic rings. The third-order valence-electron chi connectivity index (χ3n) is 7.40. The highest BCUT2D eigenvalue weighted by atomic mass is 32.1. The van der Waals surface area contributed by atoms with E-state index in [9.17, 15) is 54.8 Å². The maximum absolute atomic E-state index is 13.1. The number of unbranched alkanes of at least 4 members (excludes halogenated alkanes) is 8. The Labute approximate surface area is 285 Å². The van der Waals surface area contributed by atoms with Crippen molar-refractivity contribution in [3.8, 4) is 0 Å². The Bertz CT molecular complexity index is 804. The van der Waals surface area contributed by atoms with Crippen molar-refractivity contribution >= 4 is 12.6 Å². The number of hydrogen-bond donors (Lipinski definition) is 4. The molecule has 1 aliphatic rings. The van der Waals surface area contributed by atoms with Gasteiger partial charge in [-0.25, -0.2) is 0 Å². The lowest BCUT2D eigenvalue weighted by atomic mass is 9.98. The number of aliphatic hydroxyl groups excluding tert-OH is 3. The molecule has 1 saturated heterocycles. The fraction of sp³-hybridized carbons (Fsp3) is 1.00. The van der Waals surface area contributed by atoms with Crippen LogP contribution in [0.25, 0.3) is 0 Å². The summed E-state index contributed by atoms with van der Waals surface area (Å²) in [6, 6.07) is 0. The van der Waals surface area contributed by atoms with Gasteiger partial charge in [0.05, 0.1) is 59.5 Å². The van der Waals surface area contributed by atoms with Gasteiger partial charge >= 0.3 is 24.1 Å². The molecule has 0 aliphatic carbocycles. The molecule has 0 saturated carbocycles. The van der Waals surface area contributed by atoms with Crippen LogP contribution in [-0.2, 0) is 33.2 Å². The molecule has 294 valence electrons. The number of ether oxygens (including phenoxy) is 7. The standard InChI is InChI=1S/C29H49F9O10S/c30-27(31,32)26(28(33,34)35,29(36,37)38)47-20-21-22(39)23(40)24(41)25(48-21)46-18-17-45-16-15-44-14-13-43-12-11-42-10-8-6-4-2-1-3-5-7-9-19-49/h21-25,39-41,49H,1-20H2/t21-,22-,23+,24-,25-/m1/s1. The molecule has 10 nitrogen and oxygen atoms in total. The summed E-state index contributed by atoms with van der Waals surface area (Å²) in [4.78, 5) is 0. The van der Waals surface area contributed by atoms with Crippen molar-refractivity contribution in [2.24, 2.45) is 0 Å². The number of halogens is 9. The van der Waals surface area contributed by atoms with Gasteiger partial charge in [-0.15, -0.1) is 0 Å². The number of rotatable bonds is 27. The zero-order valence-electron chi connectivity index (χ0n) is 27.1. The highest BCUT2D eigenvalue weighted by Crippen LogP contribution is 2.55. The maximum Gasteiger partial charge on any atom is 0.435 e. The molecule has 1 rings (SSSR count). The summed E-state index contributed by atoms with van der Waals surface area (Å²) in [5.74, 6) is 0.955. The third kappa shape index (κ3) is 16.3. The van der Waals surface area contributed by atoms with Gasteiger partial charge in [0.1, 0.15) is 24.4 Å². The molecular formula is C29H49F9O10S. The average molecular weight is 761 g/mol. The molecule has 0 bridgehead atoms. The van der Waals surface area contributed by atoms with Crippen LogP contribution >= 0.6 is 12.6 Å². The minimum absolute atomic E-state index is 0.0584. The lowest BCUT2D eigenvalue weighted by Crippen LogP contribution is -2.69. The van der Waals surface area contributed by atoms with E-state index in [1.807, 2.05) is 0 Å². The number of alkyl halides is 9. The molecule has 1 aliphatic heterocycles. The number of aliphatic hydroxyl groups is 3. The summed E-state index contributed by atoms with van der Waals surface area (Å²) in [7, 11) is 0. The molecule has 0 unspecified atom stereocenters. The molecule has 0 amide bonds. The van der Waals surface area contributed by atoms with E-state index in [0.717, 1.165) is 18.6 Å². The summed E-state index contributed by atoms with van der Waals surface area (Å²) < 4.78 is 153. The van der Waals surface area contributed by atoms with E-state index in [0.29, 0.717) is 26.4 Å². The Morgan fingerprint density at radius 3 is 1.31 bits per heavy atom. The Morgan fingerprint density at radius 1 is 0.490 bits per heavy atom. The second-order valence-electron chi connectivity index (χ2n) is 11.2. The fourth-order valence-electron chi connectivity index (χ4n) is 4.67. The van der Waals surface area contributed by atoms with Crippen molar-refractivity contribution in [1.29, 1.82) is 0 Å². The average Bonchev–Trinajstić information content (AvgIpc) is 3.00. The second-order valence-corrected chi connectivity index (χ2v) is 11.7. The zero-order valence-corrected chi connectivity index (χ0v) is 28.0. The van der Waals surface area contributed by atoms with Crippen LogP contribution in [0.3, 0.4) is 0 Å². The van der Waals surface area contributed by atoms with E-state index in [2.05, 4.69) is 17.4 Å². The van der Waals surface area contributed by atoms with Crippen molar-refractivity contribution in [2.45, 2.75) is 113 Å². The number of thiol groups is 1. The van der Waals surface area contributed by atoms with Gasteiger partial charge in [-0.3, -0.25) is 0 Å². The Balaban J connectivity index is 2.19. The second kappa shape index (κ2) is 23.8. The molecule has 1 fully saturated rings. The highest BCUT2D eigenvalue weighted by molar-refractivity contribution is 7.80. The molecule has 5 atom stereocenters. The van der Waals surface area contributed by atoms with Gasteiger partial charge in [0, 0.05) is 6.61 Å². The lowest BCUT2D eigenvalue weighted by molar-refractivity contribution is -0.461. The minimum atomic E-state index is -7.01.